The molecule has 2 nitrogen and oxygen atoms in total. The lowest BCUT2D eigenvalue weighted by Crippen LogP contribution is -2.53. The maximum atomic E-state index is 6.21. The quantitative estimate of drug-likeness (QED) is 0.767. The van der Waals surface area contributed by atoms with Crippen LogP contribution in [0.4, 0.5) is 0 Å². The van der Waals surface area contributed by atoms with Gasteiger partial charge in [0.25, 0.3) is 0 Å². The number of benzene rings is 1. The van der Waals surface area contributed by atoms with E-state index in [9.17, 15) is 0 Å². The van der Waals surface area contributed by atoms with E-state index >= 15 is 0 Å². The molecule has 0 saturated heterocycles. The van der Waals surface area contributed by atoms with Gasteiger partial charge in [-0.15, -0.1) is 11.6 Å². The highest BCUT2D eigenvalue weighted by atomic mass is 35.5. The van der Waals surface area contributed by atoms with Gasteiger partial charge in [0.1, 0.15) is 6.10 Å². The van der Waals surface area contributed by atoms with E-state index in [0.29, 0.717) is 0 Å². The van der Waals surface area contributed by atoms with Crippen molar-refractivity contribution in [3.8, 4) is 11.5 Å². The second-order valence-electron chi connectivity index (χ2n) is 5.47. The van der Waals surface area contributed by atoms with Crippen LogP contribution in [0.25, 0.3) is 0 Å². The minimum atomic E-state index is 0.0238. The van der Waals surface area contributed by atoms with Gasteiger partial charge in [0.05, 0.1) is 7.11 Å². The third kappa shape index (κ3) is 2.31. The van der Waals surface area contributed by atoms with Crippen molar-refractivity contribution in [2.45, 2.75) is 45.1 Å². The number of ether oxygens (including phenoxy) is 2. The minimum Gasteiger partial charge on any atom is -0.493 e. The van der Waals surface area contributed by atoms with Gasteiger partial charge in [-0.1, -0.05) is 26.8 Å². The van der Waals surface area contributed by atoms with Crippen LogP contribution in [0.15, 0.2) is 18.2 Å². The van der Waals surface area contributed by atoms with Gasteiger partial charge in [-0.05, 0) is 24.1 Å². The van der Waals surface area contributed by atoms with Crippen molar-refractivity contribution in [3.05, 3.63) is 23.8 Å². The number of aryl methyl sites for hydroxylation is 1. The Morgan fingerprint density at radius 3 is 2.56 bits per heavy atom. The molecular formula is C15H21ClO2. The van der Waals surface area contributed by atoms with Crippen LogP contribution in [0.2, 0.25) is 0 Å². The van der Waals surface area contributed by atoms with Crippen LogP contribution in [0.3, 0.4) is 0 Å². The second-order valence-corrected chi connectivity index (χ2v) is 6.00. The van der Waals surface area contributed by atoms with Crippen molar-refractivity contribution in [3.63, 3.8) is 0 Å². The molecule has 2 rings (SSSR count). The Balaban J connectivity index is 2.15. The number of methoxy groups -OCH3 is 1. The molecule has 1 aromatic carbocycles. The number of hydrogen-bond donors (Lipinski definition) is 0. The molecule has 0 bridgehead atoms. The van der Waals surface area contributed by atoms with Gasteiger partial charge in [0.15, 0.2) is 11.5 Å². The third-order valence-electron chi connectivity index (χ3n) is 3.96. The van der Waals surface area contributed by atoms with Crippen LogP contribution in [-0.4, -0.2) is 18.6 Å². The molecule has 3 heteroatoms. The zero-order valence-corrected chi connectivity index (χ0v) is 12.3. The molecular weight excluding hydrogens is 248 g/mol. The maximum Gasteiger partial charge on any atom is 0.161 e. The van der Waals surface area contributed by atoms with E-state index in [-0.39, 0.29) is 16.9 Å². The Morgan fingerprint density at radius 2 is 2.06 bits per heavy atom. The van der Waals surface area contributed by atoms with E-state index in [0.717, 1.165) is 24.3 Å². The lowest BCUT2D eigenvalue weighted by molar-refractivity contribution is -0.0144. The van der Waals surface area contributed by atoms with Gasteiger partial charge >= 0.3 is 0 Å². The van der Waals surface area contributed by atoms with Crippen molar-refractivity contribution >= 4 is 11.6 Å². The summed E-state index contributed by atoms with van der Waals surface area (Å²) in [6.45, 7) is 6.42. The molecule has 1 aliphatic carbocycles. The summed E-state index contributed by atoms with van der Waals surface area (Å²) in [5, 5.41) is 0.198. The predicted molar refractivity (Wildman–Crippen MR) is 74.8 cm³/mol. The number of hydrogen-bond acceptors (Lipinski definition) is 2. The van der Waals surface area contributed by atoms with Crippen LogP contribution in [-0.2, 0) is 6.42 Å². The molecule has 1 aliphatic rings. The van der Waals surface area contributed by atoms with E-state index in [2.05, 4.69) is 26.8 Å². The topological polar surface area (TPSA) is 18.5 Å². The van der Waals surface area contributed by atoms with Crippen LogP contribution >= 0.6 is 11.6 Å². The summed E-state index contributed by atoms with van der Waals surface area (Å²) in [7, 11) is 1.68. The van der Waals surface area contributed by atoms with Gasteiger partial charge in [-0.25, -0.2) is 0 Å². The van der Waals surface area contributed by atoms with Gasteiger partial charge in [0.2, 0.25) is 0 Å². The van der Waals surface area contributed by atoms with Crippen LogP contribution in [0, 0.1) is 5.41 Å². The molecule has 18 heavy (non-hydrogen) atoms. The third-order valence-corrected chi connectivity index (χ3v) is 4.70. The normalized spacial score (nSPS) is 25.4. The molecule has 0 N–H and O–H groups in total. The summed E-state index contributed by atoms with van der Waals surface area (Å²) in [6, 6.07) is 6.12. The van der Waals surface area contributed by atoms with Gasteiger partial charge < -0.3 is 9.47 Å². The average Bonchev–Trinajstić information content (AvgIpc) is 2.38. The fourth-order valence-corrected chi connectivity index (χ4v) is 2.52. The molecule has 0 spiro atoms. The Bertz CT molecular complexity index is 429. The second kappa shape index (κ2) is 5.00. The van der Waals surface area contributed by atoms with Crippen molar-refractivity contribution < 1.29 is 9.47 Å². The molecule has 1 aromatic rings. The molecule has 0 heterocycles. The fraction of sp³-hybridized carbons (Fsp3) is 0.600. The lowest BCUT2D eigenvalue weighted by atomic mass is 9.68. The Morgan fingerprint density at radius 1 is 1.33 bits per heavy atom. The van der Waals surface area contributed by atoms with Gasteiger partial charge in [-0.3, -0.25) is 0 Å². The highest BCUT2D eigenvalue weighted by Crippen LogP contribution is 2.47. The molecule has 0 aliphatic heterocycles. The fourth-order valence-electron chi connectivity index (χ4n) is 2.22. The number of alkyl halides is 1. The van der Waals surface area contributed by atoms with E-state index in [1.807, 2.05) is 12.1 Å². The first kappa shape index (κ1) is 13.5. The van der Waals surface area contributed by atoms with Crippen molar-refractivity contribution in [2.75, 3.05) is 7.11 Å². The van der Waals surface area contributed by atoms with Crippen molar-refractivity contribution in [2.24, 2.45) is 5.41 Å². The van der Waals surface area contributed by atoms with Crippen LogP contribution in [0.1, 0.15) is 32.8 Å². The highest BCUT2D eigenvalue weighted by molar-refractivity contribution is 6.21. The van der Waals surface area contributed by atoms with Crippen LogP contribution < -0.4 is 9.47 Å². The summed E-state index contributed by atoms with van der Waals surface area (Å²) in [4.78, 5) is 0. The van der Waals surface area contributed by atoms with Gasteiger partial charge in [0, 0.05) is 17.2 Å². The van der Waals surface area contributed by atoms with E-state index in [1.54, 1.807) is 7.11 Å². The van der Waals surface area contributed by atoms with E-state index < -0.39 is 0 Å². The summed E-state index contributed by atoms with van der Waals surface area (Å²) >= 11 is 6.21. The maximum absolute atomic E-state index is 6.21. The predicted octanol–water partition coefficient (Wildman–Crippen LogP) is 4.04. The lowest BCUT2D eigenvalue weighted by Gasteiger charge is -2.48. The van der Waals surface area contributed by atoms with Crippen molar-refractivity contribution in [1.82, 2.24) is 0 Å². The van der Waals surface area contributed by atoms with E-state index in [1.165, 1.54) is 5.56 Å². The van der Waals surface area contributed by atoms with Crippen LogP contribution in [0.5, 0.6) is 11.5 Å². The Hall–Kier alpha value is -0.890. The summed E-state index contributed by atoms with van der Waals surface area (Å²) in [5.41, 5.74) is 1.28. The Labute approximate surface area is 114 Å². The largest absolute Gasteiger partial charge is 0.493 e. The standard InChI is InChI=1S/C15H21ClO2/c1-5-10-6-7-11(12(8-10)17-4)18-14-9-13(16)15(14,2)3/h6-8,13-14H,5,9H2,1-4H3. The van der Waals surface area contributed by atoms with Gasteiger partial charge in [-0.2, -0.15) is 0 Å². The zero-order valence-electron chi connectivity index (χ0n) is 11.5. The summed E-state index contributed by atoms with van der Waals surface area (Å²) in [5.74, 6) is 1.62. The molecule has 2 unspecified atom stereocenters. The average molecular weight is 269 g/mol. The molecule has 0 amide bonds. The first-order chi connectivity index (χ1) is 8.48. The zero-order chi connectivity index (χ0) is 13.3. The monoisotopic (exact) mass is 268 g/mol. The van der Waals surface area contributed by atoms with E-state index in [4.69, 9.17) is 21.1 Å². The molecule has 1 saturated carbocycles. The SMILES string of the molecule is CCc1ccc(OC2CC(Cl)C2(C)C)c(OC)c1. The number of halogens is 1. The first-order valence-electron chi connectivity index (χ1n) is 6.46. The summed E-state index contributed by atoms with van der Waals surface area (Å²) < 4.78 is 11.4. The first-order valence-corrected chi connectivity index (χ1v) is 6.90. The van der Waals surface area contributed by atoms with Crippen molar-refractivity contribution in [1.29, 1.82) is 0 Å². The minimum absolute atomic E-state index is 0.0238. The Kier molecular flexibility index (Phi) is 3.76. The molecule has 2 atom stereocenters. The molecule has 0 radical (unpaired) electrons. The molecule has 1 fully saturated rings. The molecule has 0 aromatic heterocycles. The number of rotatable bonds is 4. The summed E-state index contributed by atoms with van der Waals surface area (Å²) in [6.07, 6.45) is 2.06. The highest BCUT2D eigenvalue weighted by Gasteiger charge is 2.49. The smallest absolute Gasteiger partial charge is 0.161 e. The molecule has 100 valence electrons.